The molecule has 1 fully saturated rings. The summed E-state index contributed by atoms with van der Waals surface area (Å²) in [6.07, 6.45) is 3.48. The molecule has 0 radical (unpaired) electrons. The summed E-state index contributed by atoms with van der Waals surface area (Å²) in [6, 6.07) is 5.95. The minimum absolute atomic E-state index is 0.300. The summed E-state index contributed by atoms with van der Waals surface area (Å²) in [5, 5.41) is 0. The second-order valence-corrected chi connectivity index (χ2v) is 5.49. The molecule has 1 aliphatic heterocycles. The zero-order valence-corrected chi connectivity index (χ0v) is 11.9. The van der Waals surface area contributed by atoms with E-state index >= 15 is 0 Å². The lowest BCUT2D eigenvalue weighted by Gasteiger charge is -2.35. The molecule has 1 aromatic heterocycles. The van der Waals surface area contributed by atoms with Gasteiger partial charge >= 0.3 is 0 Å². The molecular weight excluding hydrogens is 238 g/mol. The van der Waals surface area contributed by atoms with Crippen LogP contribution in [-0.2, 0) is 4.79 Å². The number of nitrogens with zero attached hydrogens (tertiary/aromatic N) is 3. The molecule has 0 unspecified atom stereocenters. The van der Waals surface area contributed by atoms with Gasteiger partial charge in [-0.3, -0.25) is 4.79 Å². The monoisotopic (exact) mass is 261 g/mol. The molecule has 104 valence electrons. The minimum atomic E-state index is 0.300. The van der Waals surface area contributed by atoms with E-state index in [1.807, 2.05) is 29.3 Å². The Hall–Kier alpha value is -1.58. The Bertz CT molecular complexity index is 397. The number of piperazine rings is 1. The molecule has 1 aromatic rings. The molecule has 0 N–H and O–H groups in total. The number of rotatable bonds is 4. The number of hydrogen-bond acceptors (Lipinski definition) is 3. The average molecular weight is 261 g/mol. The molecular formula is C15H23N3O. The van der Waals surface area contributed by atoms with Crippen molar-refractivity contribution < 1.29 is 4.79 Å². The fourth-order valence-corrected chi connectivity index (χ4v) is 2.30. The van der Waals surface area contributed by atoms with Crippen LogP contribution in [0.4, 0.5) is 5.82 Å². The number of anilines is 1. The van der Waals surface area contributed by atoms with Crippen molar-refractivity contribution in [2.75, 3.05) is 31.1 Å². The summed E-state index contributed by atoms with van der Waals surface area (Å²) >= 11 is 0. The number of pyridine rings is 1. The van der Waals surface area contributed by atoms with E-state index in [2.05, 4.69) is 23.7 Å². The molecule has 1 amide bonds. The second kappa shape index (κ2) is 6.55. The van der Waals surface area contributed by atoms with Crippen LogP contribution >= 0.6 is 0 Å². The van der Waals surface area contributed by atoms with Gasteiger partial charge in [0.05, 0.1) is 0 Å². The van der Waals surface area contributed by atoms with Crippen molar-refractivity contribution in [3.05, 3.63) is 24.4 Å². The van der Waals surface area contributed by atoms with Gasteiger partial charge < -0.3 is 9.80 Å². The molecule has 0 aromatic carbocycles. The first-order valence-corrected chi connectivity index (χ1v) is 7.10. The maximum atomic E-state index is 12.0. The van der Waals surface area contributed by atoms with E-state index in [0.29, 0.717) is 18.2 Å². The highest BCUT2D eigenvalue weighted by Crippen LogP contribution is 2.14. The third-order valence-electron chi connectivity index (χ3n) is 3.54. The first kappa shape index (κ1) is 13.8. The smallest absolute Gasteiger partial charge is 0.222 e. The van der Waals surface area contributed by atoms with E-state index in [-0.39, 0.29) is 0 Å². The Kier molecular flexibility index (Phi) is 4.77. The number of aromatic nitrogens is 1. The Balaban J connectivity index is 1.81. The predicted octanol–water partition coefficient (Wildman–Crippen LogP) is 2.17. The molecule has 0 aliphatic carbocycles. The van der Waals surface area contributed by atoms with Crippen molar-refractivity contribution in [3.8, 4) is 0 Å². The topological polar surface area (TPSA) is 36.4 Å². The minimum Gasteiger partial charge on any atom is -0.353 e. The zero-order valence-electron chi connectivity index (χ0n) is 11.9. The van der Waals surface area contributed by atoms with Crippen LogP contribution < -0.4 is 4.90 Å². The van der Waals surface area contributed by atoms with Gasteiger partial charge in [0.1, 0.15) is 5.82 Å². The van der Waals surface area contributed by atoms with Crippen LogP contribution in [0.2, 0.25) is 0 Å². The van der Waals surface area contributed by atoms with Crippen LogP contribution in [0.3, 0.4) is 0 Å². The van der Waals surface area contributed by atoms with E-state index in [1.54, 1.807) is 0 Å². The summed E-state index contributed by atoms with van der Waals surface area (Å²) in [5.74, 6) is 1.91. The van der Waals surface area contributed by atoms with Crippen molar-refractivity contribution in [1.82, 2.24) is 9.88 Å². The van der Waals surface area contributed by atoms with E-state index in [9.17, 15) is 4.79 Å². The molecule has 2 rings (SSSR count). The standard InChI is InChI=1S/C15H23N3O/c1-13(2)6-7-15(19)18-11-9-17(10-12-18)14-5-3-4-8-16-14/h3-5,8,13H,6-7,9-12H2,1-2H3. The van der Waals surface area contributed by atoms with E-state index in [1.165, 1.54) is 0 Å². The zero-order chi connectivity index (χ0) is 13.7. The first-order chi connectivity index (χ1) is 9.16. The maximum Gasteiger partial charge on any atom is 0.222 e. The van der Waals surface area contributed by atoms with Crippen LogP contribution in [0.25, 0.3) is 0 Å². The molecule has 2 heterocycles. The summed E-state index contributed by atoms with van der Waals surface area (Å²) in [4.78, 5) is 20.6. The molecule has 0 saturated carbocycles. The SMILES string of the molecule is CC(C)CCC(=O)N1CCN(c2ccccn2)CC1. The van der Waals surface area contributed by atoms with Crippen LogP contribution in [0.15, 0.2) is 24.4 Å². The Morgan fingerprint density at radius 2 is 2.00 bits per heavy atom. The van der Waals surface area contributed by atoms with Gasteiger partial charge in [0.2, 0.25) is 5.91 Å². The van der Waals surface area contributed by atoms with Crippen molar-refractivity contribution in [1.29, 1.82) is 0 Å². The normalized spacial score (nSPS) is 15.9. The number of hydrogen-bond donors (Lipinski definition) is 0. The van der Waals surface area contributed by atoms with Crippen molar-refractivity contribution in [2.45, 2.75) is 26.7 Å². The highest BCUT2D eigenvalue weighted by atomic mass is 16.2. The van der Waals surface area contributed by atoms with Gasteiger partial charge in [0.15, 0.2) is 0 Å². The summed E-state index contributed by atoms with van der Waals surface area (Å²) in [6.45, 7) is 7.70. The van der Waals surface area contributed by atoms with Crippen molar-refractivity contribution in [2.24, 2.45) is 5.92 Å². The number of carbonyl (C=O) groups is 1. The van der Waals surface area contributed by atoms with Gasteiger partial charge in [0, 0.05) is 38.8 Å². The van der Waals surface area contributed by atoms with Crippen molar-refractivity contribution >= 4 is 11.7 Å². The van der Waals surface area contributed by atoms with Crippen LogP contribution in [0.1, 0.15) is 26.7 Å². The molecule has 4 heteroatoms. The quantitative estimate of drug-likeness (QED) is 0.833. The molecule has 0 spiro atoms. The van der Waals surface area contributed by atoms with E-state index < -0.39 is 0 Å². The average Bonchev–Trinajstić information content (AvgIpc) is 2.46. The van der Waals surface area contributed by atoms with E-state index in [0.717, 1.165) is 38.4 Å². The molecule has 1 saturated heterocycles. The Labute approximate surface area is 115 Å². The maximum absolute atomic E-state index is 12.0. The Morgan fingerprint density at radius 3 is 2.58 bits per heavy atom. The summed E-state index contributed by atoms with van der Waals surface area (Å²) in [5.41, 5.74) is 0. The highest BCUT2D eigenvalue weighted by molar-refractivity contribution is 5.76. The van der Waals surface area contributed by atoms with Crippen LogP contribution in [0.5, 0.6) is 0 Å². The fraction of sp³-hybridized carbons (Fsp3) is 0.600. The largest absolute Gasteiger partial charge is 0.353 e. The third-order valence-corrected chi connectivity index (χ3v) is 3.54. The molecule has 19 heavy (non-hydrogen) atoms. The molecule has 0 atom stereocenters. The second-order valence-electron chi connectivity index (χ2n) is 5.49. The molecule has 4 nitrogen and oxygen atoms in total. The van der Waals surface area contributed by atoms with Crippen molar-refractivity contribution in [3.63, 3.8) is 0 Å². The van der Waals surface area contributed by atoms with Gasteiger partial charge in [-0.1, -0.05) is 19.9 Å². The number of amides is 1. The van der Waals surface area contributed by atoms with Crippen LogP contribution in [-0.4, -0.2) is 42.0 Å². The number of carbonyl (C=O) groups excluding carboxylic acids is 1. The summed E-state index contributed by atoms with van der Waals surface area (Å²) < 4.78 is 0. The lowest BCUT2D eigenvalue weighted by atomic mass is 10.1. The predicted molar refractivity (Wildman–Crippen MR) is 77.1 cm³/mol. The summed E-state index contributed by atoms with van der Waals surface area (Å²) in [7, 11) is 0. The van der Waals surface area contributed by atoms with Gasteiger partial charge in [-0.05, 0) is 24.5 Å². The first-order valence-electron chi connectivity index (χ1n) is 7.10. The van der Waals surface area contributed by atoms with Crippen LogP contribution in [0, 0.1) is 5.92 Å². The molecule has 1 aliphatic rings. The highest BCUT2D eigenvalue weighted by Gasteiger charge is 2.21. The third kappa shape index (κ3) is 3.94. The fourth-order valence-electron chi connectivity index (χ4n) is 2.30. The Morgan fingerprint density at radius 1 is 1.26 bits per heavy atom. The van der Waals surface area contributed by atoms with E-state index in [4.69, 9.17) is 0 Å². The molecule has 0 bridgehead atoms. The lowest BCUT2D eigenvalue weighted by Crippen LogP contribution is -2.49. The van der Waals surface area contributed by atoms with Gasteiger partial charge in [-0.25, -0.2) is 4.98 Å². The van der Waals surface area contributed by atoms with Gasteiger partial charge in [-0.15, -0.1) is 0 Å². The van der Waals surface area contributed by atoms with Gasteiger partial charge in [-0.2, -0.15) is 0 Å². The van der Waals surface area contributed by atoms with Gasteiger partial charge in [0.25, 0.3) is 0 Å². The lowest BCUT2D eigenvalue weighted by molar-refractivity contribution is -0.131.